The highest BCUT2D eigenvalue weighted by atomic mass is 19.1. The largest absolute Gasteiger partial charge is 0.442 e. The van der Waals surface area contributed by atoms with Gasteiger partial charge in [0.1, 0.15) is 5.82 Å². The normalized spacial score (nSPS) is 17.1. The van der Waals surface area contributed by atoms with Gasteiger partial charge in [-0.05, 0) is 69.0 Å². The van der Waals surface area contributed by atoms with Gasteiger partial charge in [0.2, 0.25) is 6.10 Å². The molecule has 11 nitrogen and oxygen atoms in total. The molecule has 2 aliphatic heterocycles. The highest BCUT2D eigenvalue weighted by Gasteiger charge is 2.29. The van der Waals surface area contributed by atoms with Crippen molar-refractivity contribution in [1.82, 2.24) is 30.0 Å². The minimum Gasteiger partial charge on any atom is -0.442 e. The van der Waals surface area contributed by atoms with Crippen molar-refractivity contribution in [1.29, 1.82) is 0 Å². The van der Waals surface area contributed by atoms with Crippen LogP contribution in [0.4, 0.5) is 15.9 Å². The van der Waals surface area contributed by atoms with E-state index in [-0.39, 0.29) is 17.6 Å². The average Bonchev–Trinajstić information content (AvgIpc) is 3.56. The Morgan fingerprint density at radius 1 is 1.02 bits per heavy atom. The number of nitrogens with two attached hydrogens (primary N) is 1. The molecule has 2 saturated heterocycles. The van der Waals surface area contributed by atoms with Crippen LogP contribution in [0.3, 0.4) is 0 Å². The van der Waals surface area contributed by atoms with E-state index < -0.39 is 23.8 Å². The number of carbonyl (C=O) groups is 2. The first-order chi connectivity index (χ1) is 21.9. The molecule has 0 aliphatic carbocycles. The third-order valence-electron chi connectivity index (χ3n) is 8.47. The Morgan fingerprint density at radius 2 is 1.76 bits per heavy atom. The predicted molar refractivity (Wildman–Crippen MR) is 168 cm³/mol. The number of likely N-dealkylation sites (tertiary alicyclic amines) is 1. The molecule has 234 valence electrons. The number of esters is 1. The molecule has 2 aromatic carbocycles. The van der Waals surface area contributed by atoms with E-state index in [0.717, 1.165) is 51.5 Å². The van der Waals surface area contributed by atoms with Crippen molar-refractivity contribution < 1.29 is 18.7 Å². The van der Waals surface area contributed by atoms with Gasteiger partial charge >= 0.3 is 5.97 Å². The van der Waals surface area contributed by atoms with E-state index in [2.05, 4.69) is 30.6 Å². The predicted octanol–water partition coefficient (Wildman–Crippen LogP) is 4.23. The number of amides is 1. The standard InChI is InChI=1S/C33H37FN8O3/c34-25-6-8-26(9-7-25)39-32(43)30(23-4-2-1-3-5-23)45-33(44)29-31(35)37-19-28(40-29)24-18-38-42(21-24)27-12-16-41(17-13-27)20-22-10-14-36-15-11-22/h1-9,18-19,21-22,27,30,36H,10-17,20H2,(H2,35,37)(H,39,43)/t30-/m1/s1. The number of piperidine rings is 2. The van der Waals surface area contributed by atoms with E-state index in [9.17, 15) is 14.0 Å². The molecule has 1 amide bonds. The van der Waals surface area contributed by atoms with Gasteiger partial charge in [-0.25, -0.2) is 19.2 Å². The molecule has 2 fully saturated rings. The van der Waals surface area contributed by atoms with Crippen LogP contribution < -0.4 is 16.4 Å². The van der Waals surface area contributed by atoms with Gasteiger partial charge in [0.05, 0.1) is 24.1 Å². The van der Waals surface area contributed by atoms with Gasteiger partial charge in [-0.2, -0.15) is 5.10 Å². The Labute approximate surface area is 261 Å². The first-order valence-electron chi connectivity index (χ1n) is 15.4. The summed E-state index contributed by atoms with van der Waals surface area (Å²) in [6.45, 7) is 5.48. The Kier molecular flexibility index (Phi) is 9.41. The van der Waals surface area contributed by atoms with Crippen LogP contribution in [0.1, 0.15) is 53.9 Å². The van der Waals surface area contributed by atoms with E-state index in [1.165, 1.54) is 43.3 Å². The lowest BCUT2D eigenvalue weighted by Crippen LogP contribution is -2.40. The van der Waals surface area contributed by atoms with Crippen LogP contribution in [-0.2, 0) is 9.53 Å². The minimum absolute atomic E-state index is 0.122. The van der Waals surface area contributed by atoms with Crippen LogP contribution >= 0.6 is 0 Å². The fraction of sp³-hybridized carbons (Fsp3) is 0.364. The molecule has 0 bridgehead atoms. The summed E-state index contributed by atoms with van der Waals surface area (Å²) in [5.74, 6) is -1.31. The van der Waals surface area contributed by atoms with Crippen molar-refractivity contribution in [2.24, 2.45) is 5.92 Å². The molecule has 4 heterocycles. The van der Waals surface area contributed by atoms with E-state index in [0.29, 0.717) is 22.5 Å². The van der Waals surface area contributed by atoms with Crippen LogP contribution in [0.25, 0.3) is 11.3 Å². The second-order valence-electron chi connectivity index (χ2n) is 11.6. The van der Waals surface area contributed by atoms with Crippen molar-refractivity contribution in [3.63, 3.8) is 0 Å². The van der Waals surface area contributed by atoms with Crippen molar-refractivity contribution >= 4 is 23.4 Å². The lowest BCUT2D eigenvalue weighted by Gasteiger charge is -2.35. The molecule has 2 aromatic heterocycles. The van der Waals surface area contributed by atoms with Crippen molar-refractivity contribution in [2.45, 2.75) is 37.8 Å². The number of hydrogen-bond acceptors (Lipinski definition) is 9. The van der Waals surface area contributed by atoms with Gasteiger partial charge in [0, 0.05) is 42.6 Å². The summed E-state index contributed by atoms with van der Waals surface area (Å²) in [7, 11) is 0. The summed E-state index contributed by atoms with van der Waals surface area (Å²) in [4.78, 5) is 37.9. The molecule has 12 heteroatoms. The van der Waals surface area contributed by atoms with E-state index >= 15 is 0 Å². The molecule has 1 atom stereocenters. The van der Waals surface area contributed by atoms with E-state index in [1.54, 1.807) is 36.5 Å². The first kappa shape index (κ1) is 30.4. The average molecular weight is 613 g/mol. The Morgan fingerprint density at radius 3 is 2.49 bits per heavy atom. The molecular formula is C33H37FN8O3. The molecule has 4 N–H and O–H groups in total. The summed E-state index contributed by atoms with van der Waals surface area (Å²) < 4.78 is 21.0. The lowest BCUT2D eigenvalue weighted by molar-refractivity contribution is -0.125. The number of rotatable bonds is 9. The quantitative estimate of drug-likeness (QED) is 0.237. The molecule has 4 aromatic rings. The zero-order valence-corrected chi connectivity index (χ0v) is 24.9. The van der Waals surface area contributed by atoms with Crippen molar-refractivity contribution in [2.75, 3.05) is 43.8 Å². The minimum atomic E-state index is -1.32. The SMILES string of the molecule is Nc1ncc(-c2cnn(C3CCN(CC4CCNCC4)CC3)c2)nc1C(=O)O[C@@H](C(=O)Nc1ccc(F)cc1)c1ccccc1. The topological polar surface area (TPSA) is 140 Å². The number of nitrogens with zero attached hydrogens (tertiary/aromatic N) is 5. The first-order valence-corrected chi connectivity index (χ1v) is 15.4. The molecule has 0 saturated carbocycles. The van der Waals surface area contributed by atoms with Crippen LogP contribution in [0.2, 0.25) is 0 Å². The number of carbonyl (C=O) groups excluding carboxylic acids is 2. The number of hydrogen-bond donors (Lipinski definition) is 3. The van der Waals surface area contributed by atoms with Gasteiger partial charge in [-0.1, -0.05) is 30.3 Å². The molecule has 45 heavy (non-hydrogen) atoms. The molecule has 6 rings (SSSR count). The summed E-state index contributed by atoms with van der Waals surface area (Å²) in [6.07, 6.45) is 8.32. The van der Waals surface area contributed by atoms with Gasteiger partial charge in [-0.15, -0.1) is 0 Å². The fourth-order valence-electron chi connectivity index (χ4n) is 5.96. The van der Waals surface area contributed by atoms with Crippen LogP contribution in [0.5, 0.6) is 0 Å². The van der Waals surface area contributed by atoms with Crippen LogP contribution in [-0.4, -0.2) is 69.2 Å². The van der Waals surface area contributed by atoms with Gasteiger partial charge in [0.25, 0.3) is 5.91 Å². The molecule has 2 aliphatic rings. The molecule has 0 spiro atoms. The van der Waals surface area contributed by atoms with Gasteiger partial charge in [-0.3, -0.25) is 9.48 Å². The smallest absolute Gasteiger partial charge is 0.361 e. The molecular weight excluding hydrogens is 575 g/mol. The summed E-state index contributed by atoms with van der Waals surface area (Å²) >= 11 is 0. The summed E-state index contributed by atoms with van der Waals surface area (Å²) in [5.41, 5.74) is 7.76. The zero-order valence-electron chi connectivity index (χ0n) is 24.9. The Hall–Kier alpha value is -4.68. The third kappa shape index (κ3) is 7.52. The summed E-state index contributed by atoms with van der Waals surface area (Å²) in [5, 5.41) is 10.7. The highest BCUT2D eigenvalue weighted by Crippen LogP contribution is 2.28. The lowest BCUT2D eigenvalue weighted by atomic mass is 9.96. The van der Waals surface area contributed by atoms with Crippen LogP contribution in [0.15, 0.2) is 73.2 Å². The number of halogens is 1. The van der Waals surface area contributed by atoms with Gasteiger partial charge < -0.3 is 26.0 Å². The Bertz CT molecular complexity index is 1600. The number of nitrogen functional groups attached to an aromatic ring is 1. The second-order valence-corrected chi connectivity index (χ2v) is 11.6. The molecule has 0 radical (unpaired) electrons. The zero-order chi connectivity index (χ0) is 31.2. The Balaban J connectivity index is 1.13. The van der Waals surface area contributed by atoms with Crippen molar-refractivity contribution in [3.8, 4) is 11.3 Å². The summed E-state index contributed by atoms with van der Waals surface area (Å²) in [6, 6.07) is 14.1. The molecule has 0 unspecified atom stereocenters. The maximum atomic E-state index is 13.4. The number of anilines is 2. The van der Waals surface area contributed by atoms with Crippen molar-refractivity contribution in [3.05, 3.63) is 90.3 Å². The van der Waals surface area contributed by atoms with Crippen LogP contribution in [0, 0.1) is 11.7 Å². The number of aromatic nitrogens is 4. The second kappa shape index (κ2) is 14.0. The van der Waals surface area contributed by atoms with E-state index in [1.807, 2.05) is 10.9 Å². The number of ether oxygens (including phenoxy) is 1. The van der Waals surface area contributed by atoms with Gasteiger partial charge in [0.15, 0.2) is 11.5 Å². The monoisotopic (exact) mass is 612 g/mol. The number of nitrogens with one attached hydrogen (secondary N) is 2. The highest BCUT2D eigenvalue weighted by molar-refractivity contribution is 5.99. The number of benzene rings is 2. The maximum absolute atomic E-state index is 13.4. The van der Waals surface area contributed by atoms with E-state index in [4.69, 9.17) is 10.5 Å². The third-order valence-corrected chi connectivity index (χ3v) is 8.47. The fourth-order valence-corrected chi connectivity index (χ4v) is 5.96. The maximum Gasteiger partial charge on any atom is 0.361 e.